The van der Waals surface area contributed by atoms with E-state index in [-0.39, 0.29) is 71.6 Å². The van der Waals surface area contributed by atoms with Gasteiger partial charge in [-0.25, -0.2) is 0 Å². The summed E-state index contributed by atoms with van der Waals surface area (Å²) in [5.41, 5.74) is -0.833. The molecule has 0 unspecified atom stereocenters. The van der Waals surface area contributed by atoms with Crippen LogP contribution in [-0.2, 0) is 34.1 Å². The molecule has 1 aliphatic heterocycles. The maximum absolute atomic E-state index is 13.6. The molecule has 3 saturated carbocycles. The fraction of sp³-hybridized carbons (Fsp3) is 0.700. The second-order valence-corrected chi connectivity index (χ2v) is 16.8. The lowest BCUT2D eigenvalue weighted by atomic mass is 9.45. The van der Waals surface area contributed by atoms with E-state index in [4.69, 9.17) is 9.47 Å². The topological polar surface area (TPSA) is 139 Å². The molecule has 1 heterocycles. The summed E-state index contributed by atoms with van der Waals surface area (Å²) < 4.78 is 11.3. The maximum Gasteiger partial charge on any atom is 0.306 e. The SMILES string of the molecule is CC1(C)C[C@](CCNC(=O)CCC(=O)OCC(=O)[C@@]2(O)CC[C@@H]3[C@H]4CCC5=CC(=O)CC[C@]5(C)[C@H]4[C@@H](O)C[C@@]32C)(c2ccccc2)CCO1. The summed E-state index contributed by atoms with van der Waals surface area (Å²) in [5, 5.41) is 26.5. The standard InChI is InChI=1S/C40H55NO8/c1-36(2)25-39(19-21-49-36,26-8-6-5-7-9-26)18-20-41-33(45)12-13-34(46)48-24-32(44)40(47)17-15-30-29-11-10-27-22-28(42)14-16-37(27,3)35(29)31(43)23-38(30,40)4/h5-9,22,29-31,35,43,47H,10-21,23-25H2,1-4H3,(H,41,45)/t29-,30-,31+,35-,37+,38+,39-,40+/m1/s1. The molecule has 8 atom stereocenters. The molecule has 268 valence electrons. The highest BCUT2D eigenvalue weighted by Gasteiger charge is 2.68. The highest BCUT2D eigenvalue weighted by molar-refractivity contribution is 5.92. The molecule has 1 amide bonds. The van der Waals surface area contributed by atoms with E-state index in [1.807, 2.05) is 25.1 Å². The van der Waals surface area contributed by atoms with E-state index in [1.165, 1.54) is 5.56 Å². The third kappa shape index (κ3) is 6.56. The van der Waals surface area contributed by atoms with Crippen molar-refractivity contribution in [3.05, 3.63) is 47.5 Å². The monoisotopic (exact) mass is 677 g/mol. The molecular formula is C40H55NO8. The largest absolute Gasteiger partial charge is 0.458 e. The summed E-state index contributed by atoms with van der Waals surface area (Å²) in [6, 6.07) is 10.4. The van der Waals surface area contributed by atoms with Gasteiger partial charge in [0, 0.05) is 36.8 Å². The number of amides is 1. The lowest BCUT2D eigenvalue weighted by Crippen LogP contribution is -2.62. The predicted molar refractivity (Wildman–Crippen MR) is 183 cm³/mol. The molecule has 1 aromatic carbocycles. The number of aliphatic hydroxyl groups excluding tert-OH is 1. The minimum absolute atomic E-state index is 0.0208. The van der Waals surface area contributed by atoms with Crippen LogP contribution in [0.3, 0.4) is 0 Å². The van der Waals surface area contributed by atoms with Gasteiger partial charge in [-0.1, -0.05) is 49.8 Å². The van der Waals surface area contributed by atoms with E-state index in [2.05, 4.69) is 38.2 Å². The average Bonchev–Trinajstić information content (AvgIpc) is 3.33. The molecule has 1 saturated heterocycles. The van der Waals surface area contributed by atoms with Crippen LogP contribution in [0.25, 0.3) is 0 Å². The Labute approximate surface area is 290 Å². The van der Waals surface area contributed by atoms with Crippen molar-refractivity contribution < 1.29 is 38.9 Å². The number of esters is 1. The van der Waals surface area contributed by atoms with Gasteiger partial charge >= 0.3 is 5.97 Å². The van der Waals surface area contributed by atoms with Crippen LogP contribution in [-0.4, -0.2) is 70.7 Å². The third-order valence-corrected chi connectivity index (χ3v) is 13.6. The van der Waals surface area contributed by atoms with Gasteiger partial charge in [0.05, 0.1) is 18.1 Å². The van der Waals surface area contributed by atoms with Gasteiger partial charge in [-0.3, -0.25) is 19.2 Å². The Morgan fingerprint density at radius 3 is 2.49 bits per heavy atom. The van der Waals surface area contributed by atoms with Gasteiger partial charge in [0.1, 0.15) is 5.60 Å². The van der Waals surface area contributed by atoms with Gasteiger partial charge in [-0.05, 0) is 106 Å². The van der Waals surface area contributed by atoms with E-state index in [1.54, 1.807) is 6.08 Å². The number of ether oxygens (including phenoxy) is 2. The van der Waals surface area contributed by atoms with Crippen molar-refractivity contribution in [3.63, 3.8) is 0 Å². The van der Waals surface area contributed by atoms with Crippen molar-refractivity contribution in [1.82, 2.24) is 5.32 Å². The van der Waals surface area contributed by atoms with Crippen LogP contribution in [0.4, 0.5) is 0 Å². The number of aliphatic hydroxyl groups is 2. The van der Waals surface area contributed by atoms with E-state index in [0.29, 0.717) is 26.0 Å². The molecule has 4 aliphatic carbocycles. The van der Waals surface area contributed by atoms with Crippen LogP contribution in [0.15, 0.2) is 42.0 Å². The van der Waals surface area contributed by atoms with Crippen molar-refractivity contribution >= 4 is 23.4 Å². The first-order chi connectivity index (χ1) is 23.1. The molecule has 9 heteroatoms. The number of benzene rings is 1. The number of Topliss-reactive ketones (excluding diaryl/α,β-unsaturated/α-hetero) is 1. The van der Waals surface area contributed by atoms with Gasteiger partial charge < -0.3 is 25.0 Å². The fourth-order valence-corrected chi connectivity index (χ4v) is 11.1. The zero-order valence-corrected chi connectivity index (χ0v) is 29.7. The second-order valence-electron chi connectivity index (χ2n) is 16.8. The van der Waals surface area contributed by atoms with Gasteiger partial charge in [0.15, 0.2) is 12.4 Å². The summed E-state index contributed by atoms with van der Waals surface area (Å²) in [4.78, 5) is 51.2. The number of allylic oxidation sites excluding steroid dienone is 1. The Kier molecular flexibility index (Phi) is 9.79. The first-order valence-corrected chi connectivity index (χ1v) is 18.4. The van der Waals surface area contributed by atoms with Crippen LogP contribution in [0.2, 0.25) is 0 Å². The normalized spacial score (nSPS) is 38.0. The number of rotatable bonds is 10. The summed E-state index contributed by atoms with van der Waals surface area (Å²) in [7, 11) is 0. The molecule has 0 radical (unpaired) electrons. The Balaban J connectivity index is 0.999. The van der Waals surface area contributed by atoms with E-state index in [9.17, 15) is 29.4 Å². The zero-order chi connectivity index (χ0) is 35.2. The van der Waals surface area contributed by atoms with Crippen molar-refractivity contribution in [2.24, 2.45) is 28.6 Å². The molecular weight excluding hydrogens is 622 g/mol. The lowest BCUT2D eigenvalue weighted by molar-refractivity contribution is -0.184. The second kappa shape index (κ2) is 13.3. The number of hydrogen-bond acceptors (Lipinski definition) is 8. The first-order valence-electron chi connectivity index (χ1n) is 18.4. The van der Waals surface area contributed by atoms with Crippen LogP contribution >= 0.6 is 0 Å². The molecule has 49 heavy (non-hydrogen) atoms. The molecule has 0 bridgehead atoms. The van der Waals surface area contributed by atoms with Crippen molar-refractivity contribution in [1.29, 1.82) is 0 Å². The minimum atomic E-state index is -1.71. The number of carbonyl (C=O) groups excluding carboxylic acids is 4. The first kappa shape index (κ1) is 35.9. The van der Waals surface area contributed by atoms with Gasteiger partial charge in [0.2, 0.25) is 11.7 Å². The lowest BCUT2D eigenvalue weighted by Gasteiger charge is -2.60. The van der Waals surface area contributed by atoms with E-state index >= 15 is 0 Å². The van der Waals surface area contributed by atoms with Gasteiger partial charge in [-0.15, -0.1) is 0 Å². The number of ketones is 2. The Morgan fingerprint density at radius 2 is 1.76 bits per heavy atom. The fourth-order valence-electron chi connectivity index (χ4n) is 11.1. The molecule has 4 fully saturated rings. The Hall–Kier alpha value is -2.88. The van der Waals surface area contributed by atoms with Crippen LogP contribution in [0, 0.1) is 28.6 Å². The van der Waals surface area contributed by atoms with Gasteiger partial charge in [-0.2, -0.15) is 0 Å². The van der Waals surface area contributed by atoms with E-state index in [0.717, 1.165) is 44.1 Å². The summed E-state index contributed by atoms with van der Waals surface area (Å²) in [6.45, 7) is 8.84. The quantitative estimate of drug-likeness (QED) is 0.289. The Bertz CT molecular complexity index is 1490. The molecule has 9 nitrogen and oxygen atoms in total. The molecule has 5 aliphatic rings. The zero-order valence-electron chi connectivity index (χ0n) is 29.7. The Morgan fingerprint density at radius 1 is 1.00 bits per heavy atom. The van der Waals surface area contributed by atoms with Gasteiger partial charge in [0.25, 0.3) is 0 Å². The predicted octanol–water partition coefficient (Wildman–Crippen LogP) is 5.15. The number of fused-ring (bicyclic) bond motifs is 5. The summed E-state index contributed by atoms with van der Waals surface area (Å²) in [6.07, 6.45) is 7.32. The molecule has 1 aromatic rings. The van der Waals surface area contributed by atoms with Crippen molar-refractivity contribution in [3.8, 4) is 0 Å². The summed E-state index contributed by atoms with van der Waals surface area (Å²) >= 11 is 0. The number of nitrogens with one attached hydrogen (secondary N) is 1. The maximum atomic E-state index is 13.6. The number of hydrogen-bond donors (Lipinski definition) is 3. The smallest absolute Gasteiger partial charge is 0.306 e. The highest BCUT2D eigenvalue weighted by Crippen LogP contribution is 2.67. The molecule has 6 rings (SSSR count). The van der Waals surface area contributed by atoms with E-state index < -0.39 is 35.5 Å². The van der Waals surface area contributed by atoms with Crippen LogP contribution < -0.4 is 5.32 Å². The van der Waals surface area contributed by atoms with Crippen LogP contribution in [0.5, 0.6) is 0 Å². The minimum Gasteiger partial charge on any atom is -0.458 e. The average molecular weight is 678 g/mol. The number of carbonyl (C=O) groups is 4. The molecule has 0 aromatic heterocycles. The third-order valence-electron chi connectivity index (χ3n) is 13.6. The van der Waals surface area contributed by atoms with Crippen LogP contribution in [0.1, 0.15) is 110 Å². The highest BCUT2D eigenvalue weighted by atomic mass is 16.5. The molecule has 3 N–H and O–H groups in total. The van der Waals surface area contributed by atoms with Crippen molar-refractivity contribution in [2.45, 2.75) is 127 Å². The van der Waals surface area contributed by atoms with Crippen molar-refractivity contribution in [2.75, 3.05) is 19.8 Å². The molecule has 0 spiro atoms. The summed E-state index contributed by atoms with van der Waals surface area (Å²) in [5.74, 6) is -1.15.